The van der Waals surface area contributed by atoms with Crippen molar-refractivity contribution in [3.63, 3.8) is 0 Å². The van der Waals surface area contributed by atoms with Crippen LogP contribution in [0.1, 0.15) is 49.9 Å². The van der Waals surface area contributed by atoms with Crippen LogP contribution in [0.5, 0.6) is 0 Å². The number of halogens is 1. The molecule has 4 rings (SSSR count). The van der Waals surface area contributed by atoms with Crippen molar-refractivity contribution in [2.24, 2.45) is 0 Å². The molecule has 0 bridgehead atoms. The lowest BCUT2D eigenvalue weighted by Crippen LogP contribution is -2.51. The third-order valence-corrected chi connectivity index (χ3v) is 7.00. The van der Waals surface area contributed by atoms with Gasteiger partial charge in [0.15, 0.2) is 0 Å². The number of nitrogens with zero attached hydrogens (tertiary/aromatic N) is 4. The maximum atomic E-state index is 14.0. The van der Waals surface area contributed by atoms with Crippen molar-refractivity contribution in [1.29, 1.82) is 0 Å². The summed E-state index contributed by atoms with van der Waals surface area (Å²) in [6.45, 7) is 8.09. The number of hydrogen-bond donors (Lipinski definition) is 1. The smallest absolute Gasteiger partial charge is 0.247 e. The predicted octanol–water partition coefficient (Wildman–Crippen LogP) is 5.00. The molecule has 8 heteroatoms. The Morgan fingerprint density at radius 3 is 2.42 bits per heavy atom. The zero-order valence-electron chi connectivity index (χ0n) is 22.3. The monoisotopic (exact) mass is 515 g/mol. The first kappa shape index (κ1) is 27.0. The van der Waals surface area contributed by atoms with Gasteiger partial charge < -0.3 is 10.2 Å². The average molecular weight is 516 g/mol. The van der Waals surface area contributed by atoms with Crippen LogP contribution in [0.15, 0.2) is 72.8 Å². The van der Waals surface area contributed by atoms with Gasteiger partial charge in [-0.1, -0.05) is 60.7 Å². The van der Waals surface area contributed by atoms with E-state index in [0.29, 0.717) is 30.5 Å². The van der Waals surface area contributed by atoms with Crippen LogP contribution >= 0.6 is 0 Å². The maximum Gasteiger partial charge on any atom is 0.247 e. The maximum absolute atomic E-state index is 14.0. The van der Waals surface area contributed by atoms with E-state index < -0.39 is 17.4 Å². The van der Waals surface area contributed by atoms with Gasteiger partial charge in [-0.3, -0.25) is 9.59 Å². The lowest BCUT2D eigenvalue weighted by molar-refractivity contribution is -0.142. The minimum atomic E-state index is -0.951. The van der Waals surface area contributed by atoms with Gasteiger partial charge in [0, 0.05) is 12.1 Å². The minimum absolute atomic E-state index is 0.0869. The molecule has 0 fully saturated rings. The lowest BCUT2D eigenvalue weighted by Gasteiger charge is -2.34. The molecule has 1 N–H and O–H groups in total. The van der Waals surface area contributed by atoms with Gasteiger partial charge in [-0.25, -0.2) is 9.07 Å². The van der Waals surface area contributed by atoms with E-state index in [9.17, 15) is 14.0 Å². The second-order valence-electron chi connectivity index (χ2n) is 10.2. The fraction of sp³-hybridized carbons (Fsp3) is 0.333. The standard InChI is InChI=1S/C30H34FN5O2/c1-5-30(3,4)32-29(38)28(23-14-16-24(31)17-15-23)35(19-18-22-11-7-6-10-21(22)2)27(37)20-36-26-13-9-8-12-25(26)33-34-36/h6-17,28H,5,18-20H2,1-4H3,(H,32,38)/t28-/m1/s1. The molecule has 2 amide bonds. The number of nitrogens with one attached hydrogen (secondary N) is 1. The fourth-order valence-electron chi connectivity index (χ4n) is 4.39. The predicted molar refractivity (Wildman–Crippen MR) is 146 cm³/mol. The molecular weight excluding hydrogens is 481 g/mol. The number of amides is 2. The van der Waals surface area contributed by atoms with Crippen LogP contribution < -0.4 is 5.32 Å². The Morgan fingerprint density at radius 1 is 1.03 bits per heavy atom. The van der Waals surface area contributed by atoms with Gasteiger partial charge in [-0.15, -0.1) is 5.10 Å². The summed E-state index contributed by atoms with van der Waals surface area (Å²) in [4.78, 5) is 29.4. The van der Waals surface area contributed by atoms with Crippen molar-refractivity contribution in [3.8, 4) is 0 Å². The van der Waals surface area contributed by atoms with Crippen LogP contribution in [-0.2, 0) is 22.6 Å². The molecule has 0 aliphatic heterocycles. The summed E-state index contributed by atoms with van der Waals surface area (Å²) in [6.07, 6.45) is 1.26. The highest BCUT2D eigenvalue weighted by molar-refractivity contribution is 5.89. The molecule has 3 aromatic carbocycles. The normalized spacial score (nSPS) is 12.3. The highest BCUT2D eigenvalue weighted by atomic mass is 19.1. The Bertz CT molecular complexity index is 1410. The summed E-state index contributed by atoms with van der Waals surface area (Å²) in [5.74, 6) is -1.01. The number of para-hydroxylation sites is 1. The Labute approximate surface area is 222 Å². The van der Waals surface area contributed by atoms with Crippen LogP contribution in [0.4, 0.5) is 4.39 Å². The molecule has 1 aromatic heterocycles. The third-order valence-electron chi connectivity index (χ3n) is 7.00. The van der Waals surface area contributed by atoms with E-state index in [1.807, 2.05) is 76.2 Å². The van der Waals surface area contributed by atoms with Crippen LogP contribution in [0.2, 0.25) is 0 Å². The first-order valence-corrected chi connectivity index (χ1v) is 12.9. The van der Waals surface area contributed by atoms with Gasteiger partial charge in [-0.2, -0.15) is 0 Å². The average Bonchev–Trinajstić information content (AvgIpc) is 3.30. The molecule has 198 valence electrons. The molecule has 0 aliphatic rings. The topological polar surface area (TPSA) is 80.1 Å². The summed E-state index contributed by atoms with van der Waals surface area (Å²) in [7, 11) is 0. The Morgan fingerprint density at radius 2 is 1.71 bits per heavy atom. The van der Waals surface area contributed by atoms with E-state index in [-0.39, 0.29) is 18.4 Å². The van der Waals surface area contributed by atoms with Crippen LogP contribution in [0, 0.1) is 12.7 Å². The van der Waals surface area contributed by atoms with Crippen LogP contribution in [0.3, 0.4) is 0 Å². The molecule has 38 heavy (non-hydrogen) atoms. The number of hydrogen-bond acceptors (Lipinski definition) is 4. The van der Waals surface area contributed by atoms with Crippen LogP contribution in [-0.4, -0.2) is 43.8 Å². The van der Waals surface area contributed by atoms with Crippen LogP contribution in [0.25, 0.3) is 11.0 Å². The molecule has 0 spiro atoms. The molecule has 1 atom stereocenters. The number of carbonyl (C=O) groups is 2. The number of rotatable bonds is 10. The Kier molecular flexibility index (Phi) is 8.20. The van der Waals surface area contributed by atoms with E-state index in [2.05, 4.69) is 15.6 Å². The highest BCUT2D eigenvalue weighted by Gasteiger charge is 2.34. The number of carbonyl (C=O) groups excluding carboxylic acids is 2. The molecule has 0 aliphatic carbocycles. The summed E-state index contributed by atoms with van der Waals surface area (Å²) in [6, 6.07) is 20.2. The highest BCUT2D eigenvalue weighted by Crippen LogP contribution is 2.25. The largest absolute Gasteiger partial charge is 0.349 e. The number of aryl methyl sites for hydroxylation is 1. The SMILES string of the molecule is CCC(C)(C)NC(=O)[C@@H](c1ccc(F)cc1)N(CCc1ccccc1C)C(=O)Cn1nnc2ccccc21. The van der Waals surface area contributed by atoms with E-state index in [1.165, 1.54) is 12.1 Å². The fourth-order valence-corrected chi connectivity index (χ4v) is 4.39. The third kappa shape index (κ3) is 6.25. The van der Waals surface area contributed by atoms with Gasteiger partial charge >= 0.3 is 0 Å². The first-order chi connectivity index (χ1) is 18.2. The molecule has 0 saturated heterocycles. The van der Waals surface area contributed by atoms with Crippen molar-refractivity contribution in [3.05, 3.63) is 95.3 Å². The van der Waals surface area contributed by atoms with Gasteiger partial charge in [0.1, 0.15) is 23.9 Å². The number of benzene rings is 3. The van der Waals surface area contributed by atoms with Crippen molar-refractivity contribution in [2.45, 2.75) is 58.7 Å². The Hall–Kier alpha value is -4.07. The molecule has 1 heterocycles. The van der Waals surface area contributed by atoms with Crippen molar-refractivity contribution < 1.29 is 14.0 Å². The molecule has 0 unspecified atom stereocenters. The quantitative estimate of drug-likeness (QED) is 0.323. The summed E-state index contributed by atoms with van der Waals surface area (Å²) < 4.78 is 15.4. The Balaban J connectivity index is 1.73. The number of fused-ring (bicyclic) bond motifs is 1. The summed E-state index contributed by atoms with van der Waals surface area (Å²) in [5, 5.41) is 11.4. The van der Waals surface area contributed by atoms with Gasteiger partial charge in [0.25, 0.3) is 0 Å². The zero-order chi connectivity index (χ0) is 27.3. The zero-order valence-corrected chi connectivity index (χ0v) is 22.3. The molecular formula is C30H34FN5O2. The molecule has 7 nitrogen and oxygen atoms in total. The summed E-state index contributed by atoms with van der Waals surface area (Å²) >= 11 is 0. The lowest BCUT2D eigenvalue weighted by atomic mass is 9.98. The van der Waals surface area contributed by atoms with E-state index in [1.54, 1.807) is 21.7 Å². The van der Waals surface area contributed by atoms with Gasteiger partial charge in [-0.05, 0) is 74.6 Å². The second kappa shape index (κ2) is 11.5. The van der Waals surface area contributed by atoms with E-state index >= 15 is 0 Å². The van der Waals surface area contributed by atoms with Gasteiger partial charge in [0.2, 0.25) is 11.8 Å². The second-order valence-corrected chi connectivity index (χ2v) is 10.2. The molecule has 0 saturated carbocycles. The molecule has 0 radical (unpaired) electrons. The summed E-state index contributed by atoms with van der Waals surface area (Å²) in [5.41, 5.74) is 3.67. The van der Waals surface area contributed by atoms with Gasteiger partial charge in [0.05, 0.1) is 5.52 Å². The van der Waals surface area contributed by atoms with E-state index in [0.717, 1.165) is 16.6 Å². The molecule has 4 aromatic rings. The van der Waals surface area contributed by atoms with Crippen molar-refractivity contribution in [2.75, 3.05) is 6.54 Å². The van der Waals surface area contributed by atoms with Crippen molar-refractivity contribution in [1.82, 2.24) is 25.2 Å². The van der Waals surface area contributed by atoms with Crippen molar-refractivity contribution >= 4 is 22.8 Å². The minimum Gasteiger partial charge on any atom is -0.349 e. The van der Waals surface area contributed by atoms with E-state index in [4.69, 9.17) is 0 Å². The first-order valence-electron chi connectivity index (χ1n) is 12.9. The number of aromatic nitrogens is 3.